The van der Waals surface area contributed by atoms with Gasteiger partial charge in [-0.25, -0.2) is 0 Å². The molecule has 0 aliphatic heterocycles. The number of carbonyl (C=O) groups excluding carboxylic acids is 2. The molecule has 0 rings (SSSR count). The topological polar surface area (TPSA) is 52.6 Å². The molecule has 0 aromatic rings. The number of hydrogen-bond acceptors (Lipinski definition) is 4. The molecular formula is C26H42O4. The number of carbonyl (C=O) groups is 2. The summed E-state index contributed by atoms with van der Waals surface area (Å²) in [6, 6.07) is 0. The van der Waals surface area contributed by atoms with E-state index in [1.54, 1.807) is 0 Å². The number of ether oxygens (including phenoxy) is 2. The highest BCUT2D eigenvalue weighted by Gasteiger charge is 2.00. The lowest BCUT2D eigenvalue weighted by Crippen LogP contribution is -2.04. The van der Waals surface area contributed by atoms with E-state index in [0.717, 1.165) is 25.7 Å². The zero-order valence-electron chi connectivity index (χ0n) is 19.4. The van der Waals surface area contributed by atoms with Crippen LogP contribution >= 0.6 is 0 Å². The Balaban J connectivity index is 3.56. The minimum absolute atomic E-state index is 0.0356. The molecule has 4 heteroatoms. The fourth-order valence-corrected chi connectivity index (χ4v) is 2.91. The highest BCUT2D eigenvalue weighted by atomic mass is 16.5. The van der Waals surface area contributed by atoms with E-state index in [1.165, 1.54) is 64.2 Å². The molecular weight excluding hydrogens is 376 g/mol. The third-order valence-corrected chi connectivity index (χ3v) is 4.73. The van der Waals surface area contributed by atoms with Crippen LogP contribution in [0.4, 0.5) is 0 Å². The lowest BCUT2D eigenvalue weighted by molar-refractivity contribution is -0.143. The third-order valence-electron chi connectivity index (χ3n) is 4.73. The Morgan fingerprint density at radius 2 is 0.867 bits per heavy atom. The molecule has 0 fully saturated rings. The van der Waals surface area contributed by atoms with E-state index in [9.17, 15) is 9.59 Å². The van der Waals surface area contributed by atoms with Gasteiger partial charge in [-0.15, -0.1) is 0 Å². The van der Waals surface area contributed by atoms with E-state index in [0.29, 0.717) is 13.2 Å². The summed E-state index contributed by atoms with van der Waals surface area (Å²) in [5.41, 5.74) is 0. The fourth-order valence-electron chi connectivity index (χ4n) is 2.91. The SMILES string of the molecule is CCCCCCCCCOC(=O)CC#CC#CCC(=O)OCCCCCCCCC. The monoisotopic (exact) mass is 418 g/mol. The lowest BCUT2D eigenvalue weighted by Gasteiger charge is -2.03. The lowest BCUT2D eigenvalue weighted by atomic mass is 10.1. The normalized spacial score (nSPS) is 9.80. The second-order valence-corrected chi connectivity index (χ2v) is 7.64. The van der Waals surface area contributed by atoms with Crippen LogP contribution < -0.4 is 0 Å². The van der Waals surface area contributed by atoms with Gasteiger partial charge >= 0.3 is 11.9 Å². The van der Waals surface area contributed by atoms with Crippen LogP contribution in [0.25, 0.3) is 0 Å². The second-order valence-electron chi connectivity index (χ2n) is 7.64. The Kier molecular flexibility index (Phi) is 21.8. The molecule has 30 heavy (non-hydrogen) atoms. The molecule has 0 amide bonds. The van der Waals surface area contributed by atoms with Crippen molar-refractivity contribution in [1.82, 2.24) is 0 Å². The molecule has 0 radical (unpaired) electrons. The van der Waals surface area contributed by atoms with Gasteiger partial charge in [0.15, 0.2) is 0 Å². The molecule has 0 aromatic carbocycles. The molecule has 0 bridgehead atoms. The Morgan fingerprint density at radius 1 is 0.533 bits per heavy atom. The van der Waals surface area contributed by atoms with Crippen molar-refractivity contribution in [1.29, 1.82) is 0 Å². The molecule has 0 N–H and O–H groups in total. The van der Waals surface area contributed by atoms with E-state index in [2.05, 4.69) is 37.5 Å². The van der Waals surface area contributed by atoms with Gasteiger partial charge < -0.3 is 9.47 Å². The van der Waals surface area contributed by atoms with Crippen LogP contribution in [0.15, 0.2) is 0 Å². The average molecular weight is 419 g/mol. The molecule has 0 aliphatic carbocycles. The van der Waals surface area contributed by atoms with Gasteiger partial charge in [0, 0.05) is 0 Å². The zero-order valence-corrected chi connectivity index (χ0v) is 19.4. The van der Waals surface area contributed by atoms with Gasteiger partial charge in [-0.2, -0.15) is 0 Å². The predicted octanol–water partition coefficient (Wildman–Crippen LogP) is 6.36. The zero-order chi connectivity index (χ0) is 22.1. The Hall–Kier alpha value is -1.94. The summed E-state index contributed by atoms with van der Waals surface area (Å²) in [5.74, 6) is 9.86. The van der Waals surface area contributed by atoms with Gasteiger partial charge in [0.25, 0.3) is 0 Å². The van der Waals surface area contributed by atoms with Crippen LogP contribution in [-0.2, 0) is 19.1 Å². The van der Waals surface area contributed by atoms with Crippen molar-refractivity contribution in [2.75, 3.05) is 13.2 Å². The Labute approximate surface area is 184 Å². The second kappa shape index (κ2) is 23.3. The quantitative estimate of drug-likeness (QED) is 0.148. The molecule has 170 valence electrons. The van der Waals surface area contributed by atoms with E-state index < -0.39 is 0 Å². The molecule has 0 unspecified atom stereocenters. The summed E-state index contributed by atoms with van der Waals surface area (Å²) in [6.45, 7) is 5.34. The van der Waals surface area contributed by atoms with Crippen LogP contribution in [0.1, 0.15) is 117 Å². The first-order valence-corrected chi connectivity index (χ1v) is 12.0. The van der Waals surface area contributed by atoms with E-state index in [4.69, 9.17) is 9.47 Å². The van der Waals surface area contributed by atoms with Crippen molar-refractivity contribution >= 4 is 11.9 Å². The Morgan fingerprint density at radius 3 is 1.23 bits per heavy atom. The van der Waals surface area contributed by atoms with Crippen molar-refractivity contribution in [3.63, 3.8) is 0 Å². The van der Waals surface area contributed by atoms with E-state index in [-0.39, 0.29) is 24.8 Å². The maximum absolute atomic E-state index is 11.6. The molecule has 0 aliphatic rings. The first-order chi connectivity index (χ1) is 14.7. The maximum atomic E-state index is 11.6. The van der Waals surface area contributed by atoms with Gasteiger partial charge in [-0.1, -0.05) is 103 Å². The standard InChI is InChI=1S/C26H42O4/c1-3-5-7-9-11-15-19-23-29-25(27)21-17-13-14-18-22-26(28)30-24-20-16-12-10-8-6-4-2/h3-12,15-16,19-24H2,1-2H3. The van der Waals surface area contributed by atoms with Gasteiger partial charge in [-0.3, -0.25) is 9.59 Å². The van der Waals surface area contributed by atoms with Crippen LogP contribution in [0, 0.1) is 23.7 Å². The van der Waals surface area contributed by atoms with Crippen molar-refractivity contribution < 1.29 is 19.1 Å². The molecule has 0 spiro atoms. The first-order valence-electron chi connectivity index (χ1n) is 12.0. The molecule has 0 heterocycles. The van der Waals surface area contributed by atoms with E-state index >= 15 is 0 Å². The van der Waals surface area contributed by atoms with Gasteiger partial charge in [0.05, 0.1) is 13.2 Å². The number of unbranched alkanes of at least 4 members (excludes halogenated alkanes) is 12. The predicted molar refractivity (Wildman–Crippen MR) is 123 cm³/mol. The molecule has 4 nitrogen and oxygen atoms in total. The summed E-state index contributed by atoms with van der Waals surface area (Å²) >= 11 is 0. The van der Waals surface area contributed by atoms with Crippen molar-refractivity contribution in [3.8, 4) is 23.7 Å². The summed E-state index contributed by atoms with van der Waals surface area (Å²) in [5, 5.41) is 0. The highest BCUT2D eigenvalue weighted by Crippen LogP contribution is 2.07. The Bertz CT molecular complexity index is 495. The third kappa shape index (κ3) is 22.4. The van der Waals surface area contributed by atoms with Gasteiger partial charge in [0.2, 0.25) is 0 Å². The van der Waals surface area contributed by atoms with Crippen LogP contribution in [0.2, 0.25) is 0 Å². The van der Waals surface area contributed by atoms with Crippen molar-refractivity contribution in [2.45, 2.75) is 117 Å². The summed E-state index contributed by atoms with van der Waals surface area (Å²) in [4.78, 5) is 23.1. The average Bonchev–Trinajstić information content (AvgIpc) is 2.74. The molecule has 0 atom stereocenters. The van der Waals surface area contributed by atoms with Crippen molar-refractivity contribution in [2.24, 2.45) is 0 Å². The smallest absolute Gasteiger partial charge is 0.317 e. The number of hydrogen-bond donors (Lipinski definition) is 0. The fraction of sp³-hybridized carbons (Fsp3) is 0.769. The van der Waals surface area contributed by atoms with Crippen LogP contribution in [0.5, 0.6) is 0 Å². The molecule has 0 saturated heterocycles. The number of esters is 2. The minimum atomic E-state index is -0.315. The summed E-state index contributed by atoms with van der Waals surface area (Å²) < 4.78 is 10.3. The van der Waals surface area contributed by atoms with Crippen molar-refractivity contribution in [3.05, 3.63) is 0 Å². The van der Waals surface area contributed by atoms with Gasteiger partial charge in [0.1, 0.15) is 12.8 Å². The maximum Gasteiger partial charge on any atom is 0.317 e. The van der Waals surface area contributed by atoms with Crippen LogP contribution in [-0.4, -0.2) is 25.2 Å². The highest BCUT2D eigenvalue weighted by molar-refractivity contribution is 5.73. The summed E-state index contributed by atoms with van der Waals surface area (Å²) in [6.07, 6.45) is 16.7. The number of rotatable bonds is 18. The van der Waals surface area contributed by atoms with Crippen LogP contribution in [0.3, 0.4) is 0 Å². The summed E-state index contributed by atoms with van der Waals surface area (Å²) in [7, 11) is 0. The molecule has 0 aromatic heterocycles. The van der Waals surface area contributed by atoms with E-state index in [1.807, 2.05) is 0 Å². The minimum Gasteiger partial charge on any atom is -0.465 e. The largest absolute Gasteiger partial charge is 0.465 e. The first kappa shape index (κ1) is 28.1. The molecule has 0 saturated carbocycles. The van der Waals surface area contributed by atoms with Gasteiger partial charge in [-0.05, 0) is 24.7 Å².